The number of anilines is 1. The van der Waals surface area contributed by atoms with E-state index in [0.717, 1.165) is 36.8 Å². The zero-order chi connectivity index (χ0) is 12.5. The van der Waals surface area contributed by atoms with Crippen molar-refractivity contribution in [3.63, 3.8) is 0 Å². The van der Waals surface area contributed by atoms with Crippen LogP contribution in [0.5, 0.6) is 0 Å². The molecule has 1 N–H and O–H groups in total. The van der Waals surface area contributed by atoms with Gasteiger partial charge < -0.3 is 14.6 Å². The summed E-state index contributed by atoms with van der Waals surface area (Å²) in [4.78, 5) is 6.55. The average Bonchev–Trinajstić information content (AvgIpc) is 2.86. The maximum atomic E-state index is 9.45. The molecule has 0 aliphatic carbocycles. The number of aliphatic hydroxyl groups is 1. The Morgan fingerprint density at radius 2 is 2.22 bits per heavy atom. The molecule has 0 bridgehead atoms. The van der Waals surface area contributed by atoms with Crippen molar-refractivity contribution < 1.29 is 5.11 Å². The summed E-state index contributed by atoms with van der Waals surface area (Å²) in [5, 5.41) is 17.4. The highest BCUT2D eigenvalue weighted by Crippen LogP contribution is 2.19. The molecule has 2 aromatic heterocycles. The van der Waals surface area contributed by atoms with Gasteiger partial charge in [0.2, 0.25) is 0 Å². The second-order valence-electron chi connectivity index (χ2n) is 4.49. The molecule has 0 fully saturated rings. The summed E-state index contributed by atoms with van der Waals surface area (Å²) in [6.07, 6.45) is 3.01. The summed E-state index contributed by atoms with van der Waals surface area (Å²) in [6.45, 7) is 4.23. The van der Waals surface area contributed by atoms with Gasteiger partial charge in [-0.25, -0.2) is 4.98 Å². The zero-order valence-corrected chi connectivity index (χ0v) is 10.2. The summed E-state index contributed by atoms with van der Waals surface area (Å²) < 4.78 is 2.06. The van der Waals surface area contributed by atoms with Crippen molar-refractivity contribution in [3.05, 3.63) is 36.0 Å². The molecule has 0 spiro atoms. The molecule has 94 valence electrons. The van der Waals surface area contributed by atoms with Crippen LogP contribution in [0.15, 0.2) is 24.7 Å². The van der Waals surface area contributed by atoms with Gasteiger partial charge >= 0.3 is 0 Å². The predicted molar refractivity (Wildman–Crippen MR) is 65.9 cm³/mol. The van der Waals surface area contributed by atoms with E-state index in [-0.39, 0.29) is 0 Å². The van der Waals surface area contributed by atoms with Gasteiger partial charge in [0.1, 0.15) is 12.1 Å². The van der Waals surface area contributed by atoms with Crippen molar-refractivity contribution >= 4 is 5.82 Å². The fourth-order valence-electron chi connectivity index (χ4n) is 2.09. The Morgan fingerprint density at radius 1 is 1.33 bits per heavy atom. The van der Waals surface area contributed by atoms with Crippen LogP contribution in [0.3, 0.4) is 0 Å². The topological polar surface area (TPSA) is 67.1 Å². The molecule has 6 nitrogen and oxygen atoms in total. The Labute approximate surface area is 105 Å². The number of hydrogen-bond acceptors (Lipinski definition) is 5. The SMILES string of the molecule is C[C@@H](O)c1ccc(N2CCn3cnnc3C2)nc1. The van der Waals surface area contributed by atoms with Crippen LogP contribution >= 0.6 is 0 Å². The third-order valence-electron chi connectivity index (χ3n) is 3.22. The third kappa shape index (κ3) is 1.95. The van der Waals surface area contributed by atoms with E-state index in [0.29, 0.717) is 0 Å². The molecule has 1 atom stereocenters. The van der Waals surface area contributed by atoms with Crippen molar-refractivity contribution in [1.82, 2.24) is 19.7 Å². The van der Waals surface area contributed by atoms with Crippen molar-refractivity contribution in [3.8, 4) is 0 Å². The summed E-state index contributed by atoms with van der Waals surface area (Å²) >= 11 is 0. The molecule has 3 heterocycles. The second kappa shape index (κ2) is 4.38. The van der Waals surface area contributed by atoms with Crippen molar-refractivity contribution in [2.24, 2.45) is 0 Å². The number of rotatable bonds is 2. The molecule has 0 amide bonds. The molecule has 0 aromatic carbocycles. The van der Waals surface area contributed by atoms with Gasteiger partial charge in [-0.2, -0.15) is 0 Å². The maximum Gasteiger partial charge on any atom is 0.152 e. The molecular weight excluding hydrogens is 230 g/mol. The monoisotopic (exact) mass is 245 g/mol. The van der Waals surface area contributed by atoms with Gasteiger partial charge in [-0.05, 0) is 18.6 Å². The fourth-order valence-corrected chi connectivity index (χ4v) is 2.09. The Kier molecular flexibility index (Phi) is 2.71. The van der Waals surface area contributed by atoms with Gasteiger partial charge in [-0.15, -0.1) is 10.2 Å². The smallest absolute Gasteiger partial charge is 0.152 e. The van der Waals surface area contributed by atoms with Gasteiger partial charge in [0.25, 0.3) is 0 Å². The molecule has 0 saturated carbocycles. The van der Waals surface area contributed by atoms with Gasteiger partial charge in [-0.1, -0.05) is 6.07 Å². The Hall–Kier alpha value is -1.95. The van der Waals surface area contributed by atoms with Crippen LogP contribution in [0, 0.1) is 0 Å². The maximum absolute atomic E-state index is 9.45. The first-order chi connectivity index (χ1) is 8.74. The van der Waals surface area contributed by atoms with Crippen molar-refractivity contribution in [2.45, 2.75) is 26.1 Å². The van der Waals surface area contributed by atoms with Gasteiger partial charge in [0, 0.05) is 19.3 Å². The molecule has 2 aromatic rings. The molecule has 0 saturated heterocycles. The van der Waals surface area contributed by atoms with Crippen LogP contribution in [0.25, 0.3) is 0 Å². The standard InChI is InChI=1S/C12H15N5O/c1-9(18)10-2-3-11(13-6-10)16-4-5-17-8-14-15-12(17)7-16/h2-3,6,8-9,18H,4-5,7H2,1H3/t9-/m1/s1. The highest BCUT2D eigenvalue weighted by atomic mass is 16.3. The lowest BCUT2D eigenvalue weighted by Crippen LogP contribution is -2.34. The molecule has 0 radical (unpaired) electrons. The summed E-state index contributed by atoms with van der Waals surface area (Å²) in [5.74, 6) is 1.87. The van der Waals surface area contributed by atoms with Crippen LogP contribution in [0.4, 0.5) is 5.82 Å². The number of aromatic nitrogens is 4. The minimum absolute atomic E-state index is 0.476. The van der Waals surface area contributed by atoms with Gasteiger partial charge in [0.05, 0.1) is 12.6 Å². The number of fused-ring (bicyclic) bond motifs is 1. The van der Waals surface area contributed by atoms with Crippen molar-refractivity contribution in [2.75, 3.05) is 11.4 Å². The molecule has 3 rings (SSSR count). The molecule has 1 aliphatic rings. The molecular formula is C12H15N5O. The lowest BCUT2D eigenvalue weighted by Gasteiger charge is -2.28. The Morgan fingerprint density at radius 3 is 2.94 bits per heavy atom. The van der Waals surface area contributed by atoms with Gasteiger partial charge in [0.15, 0.2) is 5.82 Å². The Balaban J connectivity index is 1.80. The summed E-state index contributed by atoms with van der Waals surface area (Å²) in [5.41, 5.74) is 0.832. The molecule has 6 heteroatoms. The van der Waals surface area contributed by atoms with Crippen LogP contribution in [0.1, 0.15) is 24.4 Å². The average molecular weight is 245 g/mol. The fraction of sp³-hybridized carbons (Fsp3) is 0.417. The van der Waals surface area contributed by atoms with E-state index in [1.807, 2.05) is 12.1 Å². The minimum Gasteiger partial charge on any atom is -0.389 e. The van der Waals surface area contributed by atoms with E-state index < -0.39 is 6.10 Å². The van der Waals surface area contributed by atoms with E-state index in [4.69, 9.17) is 0 Å². The van der Waals surface area contributed by atoms with Crippen LogP contribution in [-0.4, -0.2) is 31.4 Å². The highest BCUT2D eigenvalue weighted by molar-refractivity contribution is 5.40. The first-order valence-corrected chi connectivity index (χ1v) is 5.99. The van der Waals surface area contributed by atoms with Crippen LogP contribution in [-0.2, 0) is 13.1 Å². The second-order valence-corrected chi connectivity index (χ2v) is 4.49. The first kappa shape index (κ1) is 11.2. The molecule has 0 unspecified atom stereocenters. The van der Waals surface area contributed by atoms with E-state index in [1.165, 1.54) is 0 Å². The molecule has 1 aliphatic heterocycles. The predicted octanol–water partition coefficient (Wildman–Crippen LogP) is 0.747. The number of aliphatic hydroxyl groups excluding tert-OH is 1. The lowest BCUT2D eigenvalue weighted by atomic mass is 10.2. The van der Waals surface area contributed by atoms with Crippen LogP contribution in [0.2, 0.25) is 0 Å². The number of nitrogens with zero attached hydrogens (tertiary/aromatic N) is 5. The van der Waals surface area contributed by atoms with Crippen LogP contribution < -0.4 is 4.90 Å². The number of pyridine rings is 1. The quantitative estimate of drug-likeness (QED) is 0.845. The van der Waals surface area contributed by atoms with Gasteiger partial charge in [-0.3, -0.25) is 0 Å². The third-order valence-corrected chi connectivity index (χ3v) is 3.22. The van der Waals surface area contributed by atoms with Crippen molar-refractivity contribution in [1.29, 1.82) is 0 Å². The summed E-state index contributed by atoms with van der Waals surface area (Å²) in [6, 6.07) is 3.85. The highest BCUT2D eigenvalue weighted by Gasteiger charge is 2.18. The largest absolute Gasteiger partial charge is 0.389 e. The lowest BCUT2D eigenvalue weighted by molar-refractivity contribution is 0.199. The Bertz CT molecular complexity index is 534. The van der Waals surface area contributed by atoms with E-state index in [2.05, 4.69) is 24.6 Å². The number of hydrogen-bond donors (Lipinski definition) is 1. The van der Waals surface area contributed by atoms with E-state index in [9.17, 15) is 5.11 Å². The summed E-state index contributed by atoms with van der Waals surface area (Å²) in [7, 11) is 0. The zero-order valence-electron chi connectivity index (χ0n) is 10.2. The van der Waals surface area contributed by atoms with E-state index in [1.54, 1.807) is 19.4 Å². The minimum atomic E-state index is -0.476. The molecule has 18 heavy (non-hydrogen) atoms. The first-order valence-electron chi connectivity index (χ1n) is 5.99. The normalized spacial score (nSPS) is 16.4. The van der Waals surface area contributed by atoms with E-state index >= 15 is 0 Å².